The molecule has 0 aromatic carbocycles. The highest BCUT2D eigenvalue weighted by Crippen LogP contribution is 2.13. The number of likely N-dealkylation sites (tertiary alicyclic amines) is 1. The summed E-state index contributed by atoms with van der Waals surface area (Å²) in [6.45, 7) is 8.28. The molecule has 0 radical (unpaired) electrons. The molecular weight excluding hydrogens is 467 g/mol. The van der Waals surface area contributed by atoms with Crippen LogP contribution in [0.1, 0.15) is 31.5 Å². The highest BCUT2D eigenvalue weighted by molar-refractivity contribution is 14.0. The Kier molecular flexibility index (Phi) is 8.09. The van der Waals surface area contributed by atoms with Crippen LogP contribution in [-0.2, 0) is 11.2 Å². The van der Waals surface area contributed by atoms with Crippen molar-refractivity contribution in [3.8, 4) is 0 Å². The lowest BCUT2D eigenvalue weighted by Crippen LogP contribution is -2.45. The number of rotatable bonds is 5. The number of carbonyl (C=O) groups is 1. The lowest BCUT2D eigenvalue weighted by atomic mass is 10.2. The van der Waals surface area contributed by atoms with Crippen molar-refractivity contribution in [3.63, 3.8) is 0 Å². The van der Waals surface area contributed by atoms with Gasteiger partial charge < -0.3 is 19.9 Å². The Hall–Kier alpha value is -1.84. The van der Waals surface area contributed by atoms with Crippen LogP contribution in [0.25, 0.3) is 5.65 Å². The number of aliphatic imine (C=N–C) groups is 1. The van der Waals surface area contributed by atoms with Crippen LogP contribution >= 0.6 is 24.0 Å². The number of halogens is 1. The number of nitrogens with zero attached hydrogens (tertiary/aromatic N) is 4. The molecule has 1 atom stereocenters. The van der Waals surface area contributed by atoms with Crippen LogP contribution in [0.15, 0.2) is 29.5 Å². The summed E-state index contributed by atoms with van der Waals surface area (Å²) in [5.74, 6) is 1.05. The van der Waals surface area contributed by atoms with Crippen molar-refractivity contribution in [1.82, 2.24) is 24.9 Å². The minimum atomic E-state index is 0. The zero-order valence-corrected chi connectivity index (χ0v) is 19.4. The number of nitrogens with one attached hydrogen (secondary N) is 2. The molecule has 8 heteroatoms. The first-order chi connectivity index (χ1) is 13.0. The van der Waals surface area contributed by atoms with Gasteiger partial charge in [-0.3, -0.25) is 9.79 Å². The molecule has 3 rings (SSSR count). The summed E-state index contributed by atoms with van der Waals surface area (Å²) in [5, 5.41) is 6.79. The SMILES string of the molecule is CN=C(NCCc1cn2cccc(C)c2n1)NC1CCN(C(=O)C(C)C)C1.I. The third kappa shape index (κ3) is 5.36. The number of imidazole rings is 1. The first-order valence-electron chi connectivity index (χ1n) is 9.67. The molecule has 154 valence electrons. The number of guanidine groups is 1. The zero-order valence-electron chi connectivity index (χ0n) is 17.1. The van der Waals surface area contributed by atoms with E-state index in [1.807, 2.05) is 31.0 Å². The van der Waals surface area contributed by atoms with Gasteiger partial charge in [0.2, 0.25) is 5.91 Å². The summed E-state index contributed by atoms with van der Waals surface area (Å²) in [4.78, 5) is 23.1. The molecule has 1 fully saturated rings. The Labute approximate surface area is 184 Å². The Balaban J connectivity index is 0.00000280. The molecule has 1 aliphatic rings. The van der Waals surface area contributed by atoms with Gasteiger partial charge in [-0.25, -0.2) is 4.98 Å². The van der Waals surface area contributed by atoms with Crippen molar-refractivity contribution in [3.05, 3.63) is 35.8 Å². The van der Waals surface area contributed by atoms with E-state index in [0.29, 0.717) is 0 Å². The van der Waals surface area contributed by atoms with Crippen LogP contribution in [0.2, 0.25) is 0 Å². The molecule has 1 unspecified atom stereocenters. The van der Waals surface area contributed by atoms with Crippen molar-refractivity contribution in [1.29, 1.82) is 0 Å². The number of amides is 1. The highest BCUT2D eigenvalue weighted by Gasteiger charge is 2.27. The van der Waals surface area contributed by atoms with E-state index >= 15 is 0 Å². The largest absolute Gasteiger partial charge is 0.356 e. The maximum absolute atomic E-state index is 12.1. The number of carbonyl (C=O) groups excluding carboxylic acids is 1. The average molecular weight is 498 g/mol. The first kappa shape index (κ1) is 22.4. The highest BCUT2D eigenvalue weighted by atomic mass is 127. The Morgan fingerprint density at radius 3 is 2.89 bits per heavy atom. The van der Waals surface area contributed by atoms with Crippen LogP contribution in [-0.4, -0.2) is 58.9 Å². The van der Waals surface area contributed by atoms with Crippen molar-refractivity contribution in [2.75, 3.05) is 26.7 Å². The van der Waals surface area contributed by atoms with Gasteiger partial charge in [0.05, 0.1) is 5.69 Å². The number of fused-ring (bicyclic) bond motifs is 1. The van der Waals surface area contributed by atoms with E-state index in [9.17, 15) is 4.79 Å². The van der Waals surface area contributed by atoms with Crippen molar-refractivity contribution < 1.29 is 4.79 Å². The standard InChI is InChI=1S/C20H30N6O.HI/c1-14(2)19(27)26-11-8-17(13-26)24-20(21-4)22-9-7-16-12-25-10-5-6-15(3)18(25)23-16;/h5-6,10,12,14,17H,7-9,11,13H2,1-4H3,(H2,21,22,24);1H. The van der Waals surface area contributed by atoms with E-state index in [1.54, 1.807) is 7.05 Å². The number of aryl methyl sites for hydroxylation is 1. The van der Waals surface area contributed by atoms with Gasteiger partial charge in [-0.2, -0.15) is 0 Å². The molecule has 2 aromatic heterocycles. The van der Waals surface area contributed by atoms with Crippen LogP contribution in [0.4, 0.5) is 0 Å². The third-order valence-corrected chi connectivity index (χ3v) is 4.96. The molecule has 0 bridgehead atoms. The van der Waals surface area contributed by atoms with Crippen LogP contribution in [0.5, 0.6) is 0 Å². The van der Waals surface area contributed by atoms with Crippen LogP contribution < -0.4 is 10.6 Å². The van der Waals surface area contributed by atoms with Gasteiger partial charge in [0.1, 0.15) is 5.65 Å². The number of pyridine rings is 1. The third-order valence-electron chi connectivity index (χ3n) is 4.96. The normalized spacial score (nSPS) is 17.1. The molecule has 28 heavy (non-hydrogen) atoms. The minimum absolute atomic E-state index is 0. The monoisotopic (exact) mass is 498 g/mol. The van der Waals surface area contributed by atoms with Crippen molar-refractivity contribution in [2.24, 2.45) is 10.9 Å². The molecular formula is C20H31IN6O. The second kappa shape index (κ2) is 10.1. The van der Waals surface area contributed by atoms with Gasteiger partial charge in [-0.15, -0.1) is 24.0 Å². The molecule has 7 nitrogen and oxygen atoms in total. The predicted octanol–water partition coefficient (Wildman–Crippen LogP) is 2.23. The summed E-state index contributed by atoms with van der Waals surface area (Å²) in [6, 6.07) is 4.36. The second-order valence-corrected chi connectivity index (χ2v) is 7.47. The van der Waals surface area contributed by atoms with Crippen LogP contribution in [0, 0.1) is 12.8 Å². The second-order valence-electron chi connectivity index (χ2n) is 7.47. The first-order valence-corrected chi connectivity index (χ1v) is 9.67. The van der Waals surface area contributed by atoms with Gasteiger partial charge >= 0.3 is 0 Å². The smallest absolute Gasteiger partial charge is 0.225 e. The van der Waals surface area contributed by atoms with E-state index in [1.165, 1.54) is 5.56 Å². The molecule has 2 N–H and O–H groups in total. The lowest BCUT2D eigenvalue weighted by Gasteiger charge is -2.20. The molecule has 3 heterocycles. The summed E-state index contributed by atoms with van der Waals surface area (Å²) in [5.41, 5.74) is 3.24. The molecule has 0 aliphatic carbocycles. The Bertz CT molecular complexity index is 831. The van der Waals surface area contributed by atoms with Crippen LogP contribution in [0.3, 0.4) is 0 Å². The van der Waals surface area contributed by atoms with Crippen molar-refractivity contribution >= 4 is 41.5 Å². The molecule has 0 saturated carbocycles. The topological polar surface area (TPSA) is 74.0 Å². The lowest BCUT2D eigenvalue weighted by molar-refractivity contribution is -0.133. The molecule has 0 spiro atoms. The van der Waals surface area contributed by atoms with E-state index < -0.39 is 0 Å². The Morgan fingerprint density at radius 2 is 2.21 bits per heavy atom. The molecule has 1 saturated heterocycles. The molecule has 1 amide bonds. The van der Waals surface area contributed by atoms with E-state index in [4.69, 9.17) is 4.98 Å². The minimum Gasteiger partial charge on any atom is -0.356 e. The quantitative estimate of drug-likeness (QED) is 0.377. The maximum atomic E-state index is 12.1. The predicted molar refractivity (Wildman–Crippen MR) is 123 cm³/mol. The number of hydrogen-bond donors (Lipinski definition) is 2. The summed E-state index contributed by atoms with van der Waals surface area (Å²) >= 11 is 0. The zero-order chi connectivity index (χ0) is 19.4. The summed E-state index contributed by atoms with van der Waals surface area (Å²) in [7, 11) is 1.77. The fourth-order valence-corrected chi connectivity index (χ4v) is 3.47. The van der Waals surface area contributed by atoms with Gasteiger partial charge in [-0.1, -0.05) is 19.9 Å². The fraction of sp³-hybridized carbons (Fsp3) is 0.550. The average Bonchev–Trinajstić information content (AvgIpc) is 3.27. The number of aromatic nitrogens is 2. The summed E-state index contributed by atoms with van der Waals surface area (Å²) in [6.07, 6.45) is 5.87. The van der Waals surface area contributed by atoms with E-state index in [0.717, 1.165) is 49.8 Å². The number of hydrogen-bond acceptors (Lipinski definition) is 3. The van der Waals surface area contributed by atoms with Gasteiger partial charge in [-0.05, 0) is 25.0 Å². The van der Waals surface area contributed by atoms with E-state index in [2.05, 4.69) is 39.2 Å². The maximum Gasteiger partial charge on any atom is 0.225 e. The summed E-state index contributed by atoms with van der Waals surface area (Å²) < 4.78 is 2.07. The molecule has 2 aromatic rings. The van der Waals surface area contributed by atoms with Gasteiger partial charge in [0.15, 0.2) is 5.96 Å². The van der Waals surface area contributed by atoms with Gasteiger partial charge in [0, 0.05) is 57.5 Å². The Morgan fingerprint density at radius 1 is 1.43 bits per heavy atom. The molecule has 1 aliphatic heterocycles. The van der Waals surface area contributed by atoms with Crippen molar-refractivity contribution in [2.45, 2.75) is 39.7 Å². The van der Waals surface area contributed by atoms with Gasteiger partial charge in [0.25, 0.3) is 0 Å². The van der Waals surface area contributed by atoms with E-state index in [-0.39, 0.29) is 41.8 Å². The fourth-order valence-electron chi connectivity index (χ4n) is 3.47.